The number of benzene rings is 1. The number of anilines is 2. The van der Waals surface area contributed by atoms with Crippen LogP contribution in [0.1, 0.15) is 12.5 Å². The third-order valence-electron chi connectivity index (χ3n) is 5.86. The van der Waals surface area contributed by atoms with Crippen LogP contribution in [-0.2, 0) is 4.79 Å². The molecular formula is C18H17F3I2N4O2. The fourth-order valence-corrected chi connectivity index (χ4v) is 5.61. The van der Waals surface area contributed by atoms with E-state index in [0.29, 0.717) is 0 Å². The van der Waals surface area contributed by atoms with E-state index in [0.717, 1.165) is 13.7 Å². The van der Waals surface area contributed by atoms with Crippen LogP contribution in [0.5, 0.6) is 0 Å². The van der Waals surface area contributed by atoms with Gasteiger partial charge < -0.3 is 9.80 Å². The highest BCUT2D eigenvalue weighted by molar-refractivity contribution is 14.1. The maximum atomic E-state index is 15.0. The first-order valence-electron chi connectivity index (χ1n) is 8.84. The Hall–Kier alpha value is -1.09. The van der Waals surface area contributed by atoms with Crippen molar-refractivity contribution in [2.24, 2.45) is 0 Å². The summed E-state index contributed by atoms with van der Waals surface area (Å²) in [6, 6.07) is 1.09. The van der Waals surface area contributed by atoms with Gasteiger partial charge in [-0.25, -0.2) is 19.1 Å². The van der Waals surface area contributed by atoms with E-state index in [1.807, 2.05) is 32.9 Å². The van der Waals surface area contributed by atoms with E-state index in [-0.39, 0.29) is 47.0 Å². The van der Waals surface area contributed by atoms with Gasteiger partial charge in [0.2, 0.25) is 0 Å². The summed E-state index contributed by atoms with van der Waals surface area (Å²) >= 11 is 3.70. The number of fused-ring (bicyclic) bond motifs is 5. The van der Waals surface area contributed by atoms with Gasteiger partial charge in [-0.15, -0.1) is 0 Å². The zero-order valence-corrected chi connectivity index (χ0v) is 20.1. The van der Waals surface area contributed by atoms with Crippen molar-refractivity contribution in [3.8, 4) is 0 Å². The van der Waals surface area contributed by atoms with Crippen molar-refractivity contribution in [3.63, 3.8) is 0 Å². The van der Waals surface area contributed by atoms with Crippen LogP contribution in [0.25, 0.3) is 10.9 Å². The summed E-state index contributed by atoms with van der Waals surface area (Å²) in [5.41, 5.74) is -2.25. The van der Waals surface area contributed by atoms with Crippen molar-refractivity contribution >= 4 is 73.9 Å². The molecule has 1 aromatic carbocycles. The number of pyridine rings is 1. The lowest BCUT2D eigenvalue weighted by molar-refractivity contribution is -0.125. The molecule has 2 aromatic rings. The predicted molar refractivity (Wildman–Crippen MR) is 122 cm³/mol. The first-order valence-corrected chi connectivity index (χ1v) is 10.8. The molecule has 6 nitrogen and oxygen atoms in total. The van der Waals surface area contributed by atoms with Gasteiger partial charge in [0.1, 0.15) is 18.2 Å². The third-order valence-corrected chi connectivity index (χ3v) is 8.07. The quantitative estimate of drug-likeness (QED) is 0.358. The van der Waals surface area contributed by atoms with Gasteiger partial charge in [0.15, 0.2) is 11.4 Å². The van der Waals surface area contributed by atoms with Crippen LogP contribution in [0, 0.1) is 18.6 Å². The smallest absolute Gasteiger partial charge is 0.286 e. The van der Waals surface area contributed by atoms with Crippen molar-refractivity contribution in [1.82, 2.24) is 5.89 Å². The topological polar surface area (TPSA) is 48.8 Å². The molecule has 0 spiro atoms. The molecule has 0 radical (unpaired) electrons. The van der Waals surface area contributed by atoms with Crippen molar-refractivity contribution < 1.29 is 18.0 Å². The van der Waals surface area contributed by atoms with Crippen molar-refractivity contribution in [2.75, 3.05) is 36.6 Å². The molecule has 1 amide bonds. The highest BCUT2D eigenvalue weighted by atomic mass is 127. The van der Waals surface area contributed by atoms with Gasteiger partial charge in [0, 0.05) is 60.0 Å². The molecule has 1 aromatic heterocycles. The Morgan fingerprint density at radius 2 is 1.90 bits per heavy atom. The number of rotatable bonds is 1. The number of piperazine rings is 1. The molecule has 0 N–H and O–H groups in total. The molecule has 11 heteroatoms. The number of carbonyl (C=O) groups is 1. The summed E-state index contributed by atoms with van der Waals surface area (Å²) in [6.45, 7) is 2.52. The van der Waals surface area contributed by atoms with Crippen LogP contribution in [0.3, 0.4) is 0 Å². The number of hydrogen-bond donors (Lipinski definition) is 0. The lowest BCUT2D eigenvalue weighted by Gasteiger charge is -2.54. The fraction of sp³-hybridized carbons (Fsp3) is 0.444. The Kier molecular flexibility index (Phi) is 5.08. The molecule has 1 saturated heterocycles. The maximum Gasteiger partial charge on any atom is 0.286 e. The van der Waals surface area contributed by atoms with Crippen molar-refractivity contribution in [1.29, 1.82) is 0 Å². The number of halogens is 5. The van der Waals surface area contributed by atoms with Gasteiger partial charge in [-0.05, 0) is 19.9 Å². The monoisotopic (exact) mass is 632 g/mol. The maximum absolute atomic E-state index is 15.0. The molecule has 3 heterocycles. The molecule has 0 saturated carbocycles. The Balaban J connectivity index is 2.19. The van der Waals surface area contributed by atoms with Crippen LogP contribution < -0.4 is 15.4 Å². The molecule has 29 heavy (non-hydrogen) atoms. The van der Waals surface area contributed by atoms with Crippen LogP contribution in [0.15, 0.2) is 10.9 Å². The van der Waals surface area contributed by atoms with Crippen LogP contribution >= 0.6 is 45.7 Å². The highest BCUT2D eigenvalue weighted by Crippen LogP contribution is 2.46. The zero-order chi connectivity index (χ0) is 21.4. The van der Waals surface area contributed by atoms with Crippen LogP contribution in [0.2, 0.25) is 0 Å². The largest absolute Gasteiger partial charge is 0.350 e. The van der Waals surface area contributed by atoms with E-state index in [9.17, 15) is 22.8 Å². The Morgan fingerprint density at radius 1 is 1.24 bits per heavy atom. The number of amides is 1. The van der Waals surface area contributed by atoms with Crippen LogP contribution in [-0.4, -0.2) is 50.2 Å². The molecule has 4 rings (SSSR count). The van der Waals surface area contributed by atoms with Gasteiger partial charge in [-0.2, -0.15) is 0 Å². The second-order valence-corrected chi connectivity index (χ2v) is 9.73. The standard InChI is InChI=1S/C18H17F3I2N4O2/c1-8-5-25-14-10-4-11(20)9(2)12(21)13(10)27(23)16(28)15(14)24(3)17(29)18(25,6-19)7-26(8)22/h4,8H,5-7H2,1-3H3. The van der Waals surface area contributed by atoms with Gasteiger partial charge in [0.25, 0.3) is 11.5 Å². The third kappa shape index (κ3) is 2.68. The number of alkyl halides is 1. The molecule has 0 bridgehead atoms. The summed E-state index contributed by atoms with van der Waals surface area (Å²) < 4.78 is 46.9. The van der Waals surface area contributed by atoms with Gasteiger partial charge in [0.05, 0.1) is 34.1 Å². The second kappa shape index (κ2) is 6.97. The SMILES string of the molecule is Cc1c(F)cc2c3c(c(=O)n(I)c2c1F)N(C)C(=O)C1(CF)CN(I)C(C)CN31. The first-order chi connectivity index (χ1) is 13.6. The predicted octanol–water partition coefficient (Wildman–Crippen LogP) is 3.33. The lowest BCUT2D eigenvalue weighted by atomic mass is 9.88. The zero-order valence-electron chi connectivity index (χ0n) is 15.8. The lowest BCUT2D eigenvalue weighted by Crippen LogP contribution is -2.73. The molecule has 156 valence electrons. The Labute approximate surface area is 192 Å². The number of hydrogen-bond acceptors (Lipinski definition) is 4. The number of nitrogens with zero attached hydrogens (tertiary/aromatic N) is 4. The molecule has 2 aliphatic heterocycles. The van der Waals surface area contributed by atoms with E-state index in [1.54, 1.807) is 27.8 Å². The second-order valence-electron chi connectivity index (χ2n) is 7.52. The average Bonchev–Trinajstić information content (AvgIpc) is 2.68. The van der Waals surface area contributed by atoms with Gasteiger partial charge in [-0.1, -0.05) is 0 Å². The molecule has 1 fully saturated rings. The molecule has 2 atom stereocenters. The minimum Gasteiger partial charge on any atom is -0.350 e. The summed E-state index contributed by atoms with van der Waals surface area (Å²) in [7, 11) is 1.40. The minimum absolute atomic E-state index is 0.00210. The van der Waals surface area contributed by atoms with Gasteiger partial charge >= 0.3 is 0 Å². The number of likely N-dealkylation sites (N-methyl/N-ethyl adjacent to an activating group) is 1. The average molecular weight is 632 g/mol. The normalized spacial score (nSPS) is 24.8. The summed E-state index contributed by atoms with van der Waals surface area (Å²) in [5, 5.41) is 0.140. The molecule has 0 aliphatic carbocycles. The molecular weight excluding hydrogens is 615 g/mol. The summed E-state index contributed by atoms with van der Waals surface area (Å²) in [5.74, 6) is -2.17. The van der Waals surface area contributed by atoms with E-state index in [4.69, 9.17) is 0 Å². The summed E-state index contributed by atoms with van der Waals surface area (Å²) in [4.78, 5) is 29.0. The van der Waals surface area contributed by atoms with Crippen LogP contribution in [0.4, 0.5) is 24.5 Å². The molecule has 2 unspecified atom stereocenters. The molecule has 2 aliphatic rings. The van der Waals surface area contributed by atoms with Crippen molar-refractivity contribution in [3.05, 3.63) is 33.6 Å². The van der Waals surface area contributed by atoms with E-state index in [1.165, 1.54) is 14.0 Å². The minimum atomic E-state index is -1.57. The number of aromatic nitrogens is 1. The fourth-order valence-electron chi connectivity index (χ4n) is 4.17. The Morgan fingerprint density at radius 3 is 2.52 bits per heavy atom. The van der Waals surface area contributed by atoms with E-state index in [2.05, 4.69) is 0 Å². The van der Waals surface area contributed by atoms with Gasteiger partial charge in [-0.3, -0.25) is 9.59 Å². The number of carbonyl (C=O) groups excluding carboxylic acids is 1. The first kappa shape index (κ1) is 21.2. The summed E-state index contributed by atoms with van der Waals surface area (Å²) in [6.07, 6.45) is 0. The highest BCUT2D eigenvalue weighted by Gasteiger charge is 2.56. The van der Waals surface area contributed by atoms with E-state index < -0.39 is 35.3 Å². The van der Waals surface area contributed by atoms with Crippen molar-refractivity contribution in [2.45, 2.75) is 25.4 Å². The Bertz CT molecular complexity index is 1120. The van der Waals surface area contributed by atoms with E-state index >= 15 is 0 Å².